The Labute approximate surface area is 155 Å². The van der Waals surface area contributed by atoms with Crippen molar-refractivity contribution in [1.82, 2.24) is 0 Å². The number of carbonyl (C=O) groups is 2. The van der Waals surface area contributed by atoms with Crippen LogP contribution >= 0.6 is 15.9 Å². The maximum atomic E-state index is 12.2. The topological polar surface area (TPSA) is 67.4 Å². The minimum atomic E-state index is -0.198. The smallest absolute Gasteiger partial charge is 0.227 e. The van der Waals surface area contributed by atoms with E-state index in [-0.39, 0.29) is 24.8 Å². The molecule has 6 heteroatoms. The molecule has 0 atom stereocenters. The van der Waals surface area contributed by atoms with Crippen molar-refractivity contribution in [2.24, 2.45) is 0 Å². The van der Waals surface area contributed by atoms with E-state index in [1.807, 2.05) is 32.0 Å². The summed E-state index contributed by atoms with van der Waals surface area (Å²) in [5.74, 6) is 0.403. The lowest BCUT2D eigenvalue weighted by atomic mass is 10.1. The first-order chi connectivity index (χ1) is 11.9. The second kappa shape index (κ2) is 8.67. The van der Waals surface area contributed by atoms with Crippen molar-refractivity contribution in [3.63, 3.8) is 0 Å². The zero-order chi connectivity index (χ0) is 18.4. The average molecular weight is 405 g/mol. The van der Waals surface area contributed by atoms with E-state index in [1.165, 1.54) is 6.92 Å². The molecule has 5 nitrogen and oxygen atoms in total. The molecule has 0 saturated carbocycles. The fourth-order valence-electron chi connectivity index (χ4n) is 2.27. The highest BCUT2D eigenvalue weighted by molar-refractivity contribution is 9.10. The van der Waals surface area contributed by atoms with Gasteiger partial charge >= 0.3 is 0 Å². The van der Waals surface area contributed by atoms with Crippen LogP contribution in [0.5, 0.6) is 5.75 Å². The Morgan fingerprint density at radius 3 is 2.56 bits per heavy atom. The molecule has 0 fully saturated rings. The summed E-state index contributed by atoms with van der Waals surface area (Å²) in [6.07, 6.45) is 0.208. The molecule has 132 valence electrons. The monoisotopic (exact) mass is 404 g/mol. The molecule has 0 aliphatic heterocycles. The van der Waals surface area contributed by atoms with Gasteiger partial charge in [-0.3, -0.25) is 9.59 Å². The van der Waals surface area contributed by atoms with Gasteiger partial charge in [0.15, 0.2) is 0 Å². The Hall–Kier alpha value is -2.34. The van der Waals surface area contributed by atoms with Crippen LogP contribution in [0.3, 0.4) is 0 Å². The molecule has 0 radical (unpaired) electrons. The Morgan fingerprint density at radius 1 is 1.08 bits per heavy atom. The number of ether oxygens (including phenoxy) is 1. The average Bonchev–Trinajstić information content (AvgIpc) is 2.54. The zero-order valence-corrected chi connectivity index (χ0v) is 16.1. The Bertz CT molecular complexity index is 790. The van der Waals surface area contributed by atoms with Crippen LogP contribution in [0.15, 0.2) is 40.9 Å². The number of nitrogens with one attached hydrogen (secondary N) is 2. The van der Waals surface area contributed by atoms with E-state index >= 15 is 0 Å². The molecule has 2 aromatic rings. The standard InChI is InChI=1S/C19H21BrN2O3/c1-12-5-4-6-18(13(12)2)25-10-9-19(24)22-17-11-15(20)7-8-16(17)21-14(3)23/h4-8,11H,9-10H2,1-3H3,(H,21,23)(H,22,24). The van der Waals surface area contributed by atoms with Crippen LogP contribution in [0, 0.1) is 13.8 Å². The Kier molecular flexibility index (Phi) is 6.58. The zero-order valence-electron chi connectivity index (χ0n) is 14.5. The third-order valence-corrected chi connectivity index (χ3v) is 4.20. The molecule has 0 unspecified atom stereocenters. The van der Waals surface area contributed by atoms with Gasteiger partial charge in [0, 0.05) is 11.4 Å². The summed E-state index contributed by atoms with van der Waals surface area (Å²) in [5.41, 5.74) is 3.32. The highest BCUT2D eigenvalue weighted by atomic mass is 79.9. The van der Waals surface area contributed by atoms with E-state index < -0.39 is 0 Å². The summed E-state index contributed by atoms with van der Waals surface area (Å²) in [5, 5.41) is 5.50. The Morgan fingerprint density at radius 2 is 1.84 bits per heavy atom. The Balaban J connectivity index is 1.95. The van der Waals surface area contributed by atoms with Crippen molar-refractivity contribution >= 4 is 39.1 Å². The van der Waals surface area contributed by atoms with Crippen LogP contribution in [0.2, 0.25) is 0 Å². The molecular weight excluding hydrogens is 384 g/mol. The van der Waals surface area contributed by atoms with Crippen LogP contribution in [0.1, 0.15) is 24.5 Å². The number of benzene rings is 2. The maximum Gasteiger partial charge on any atom is 0.227 e. The predicted molar refractivity (Wildman–Crippen MR) is 103 cm³/mol. The van der Waals surface area contributed by atoms with Crippen LogP contribution in [0.25, 0.3) is 0 Å². The summed E-state index contributed by atoms with van der Waals surface area (Å²) in [4.78, 5) is 23.5. The van der Waals surface area contributed by atoms with Gasteiger partial charge in [-0.05, 0) is 49.2 Å². The fraction of sp³-hybridized carbons (Fsp3) is 0.263. The van der Waals surface area contributed by atoms with Gasteiger partial charge in [-0.25, -0.2) is 0 Å². The van der Waals surface area contributed by atoms with E-state index in [1.54, 1.807) is 18.2 Å². The van der Waals surface area contributed by atoms with Gasteiger partial charge in [0.05, 0.1) is 24.4 Å². The van der Waals surface area contributed by atoms with Crippen molar-refractivity contribution in [3.8, 4) is 5.75 Å². The molecule has 0 aliphatic carbocycles. The molecular formula is C19H21BrN2O3. The lowest BCUT2D eigenvalue weighted by Crippen LogP contribution is -2.17. The summed E-state index contributed by atoms with van der Waals surface area (Å²) in [7, 11) is 0. The van der Waals surface area contributed by atoms with Crippen LogP contribution < -0.4 is 15.4 Å². The third kappa shape index (κ3) is 5.60. The predicted octanol–water partition coefficient (Wildman–Crippen LogP) is 4.43. The van der Waals surface area contributed by atoms with Gasteiger partial charge < -0.3 is 15.4 Å². The molecule has 0 saturated heterocycles. The van der Waals surface area contributed by atoms with Gasteiger partial charge in [0.1, 0.15) is 5.75 Å². The molecule has 2 rings (SSSR count). The third-order valence-electron chi connectivity index (χ3n) is 3.71. The largest absolute Gasteiger partial charge is 0.493 e. The minimum Gasteiger partial charge on any atom is -0.493 e. The van der Waals surface area contributed by atoms with Crippen molar-refractivity contribution in [1.29, 1.82) is 0 Å². The second-order valence-electron chi connectivity index (χ2n) is 5.72. The van der Waals surface area contributed by atoms with E-state index in [2.05, 4.69) is 26.6 Å². The molecule has 0 spiro atoms. The fourth-order valence-corrected chi connectivity index (χ4v) is 2.63. The van der Waals surface area contributed by atoms with Gasteiger partial charge in [-0.1, -0.05) is 28.1 Å². The number of anilines is 2. The van der Waals surface area contributed by atoms with Crippen molar-refractivity contribution in [2.45, 2.75) is 27.2 Å². The number of hydrogen-bond acceptors (Lipinski definition) is 3. The summed E-state index contributed by atoms with van der Waals surface area (Å²) < 4.78 is 6.51. The quantitative estimate of drug-likeness (QED) is 0.747. The van der Waals surface area contributed by atoms with Crippen LogP contribution in [0.4, 0.5) is 11.4 Å². The van der Waals surface area contributed by atoms with E-state index in [0.717, 1.165) is 21.3 Å². The molecule has 2 N–H and O–H groups in total. The van der Waals surface area contributed by atoms with E-state index in [9.17, 15) is 9.59 Å². The molecule has 0 aromatic heterocycles. The van der Waals surface area contributed by atoms with E-state index in [4.69, 9.17) is 4.74 Å². The second-order valence-corrected chi connectivity index (χ2v) is 6.63. The summed E-state index contributed by atoms with van der Waals surface area (Å²) in [6.45, 7) is 5.71. The molecule has 25 heavy (non-hydrogen) atoms. The normalized spacial score (nSPS) is 10.2. The molecule has 0 aliphatic rings. The van der Waals surface area contributed by atoms with Gasteiger partial charge in [-0.2, -0.15) is 0 Å². The molecule has 0 bridgehead atoms. The van der Waals surface area contributed by atoms with Crippen LogP contribution in [-0.2, 0) is 9.59 Å². The number of amides is 2. The first-order valence-electron chi connectivity index (χ1n) is 7.93. The van der Waals surface area contributed by atoms with Gasteiger partial charge in [0.2, 0.25) is 11.8 Å². The van der Waals surface area contributed by atoms with Crippen molar-refractivity contribution in [2.75, 3.05) is 17.2 Å². The molecule has 0 heterocycles. The van der Waals surface area contributed by atoms with Crippen molar-refractivity contribution < 1.29 is 14.3 Å². The molecule has 2 aromatic carbocycles. The first-order valence-corrected chi connectivity index (χ1v) is 8.72. The summed E-state index contributed by atoms with van der Waals surface area (Å²) in [6, 6.07) is 11.1. The number of carbonyl (C=O) groups excluding carboxylic acids is 2. The maximum absolute atomic E-state index is 12.2. The highest BCUT2D eigenvalue weighted by Gasteiger charge is 2.10. The SMILES string of the molecule is CC(=O)Nc1ccc(Br)cc1NC(=O)CCOc1cccc(C)c1C. The molecule has 2 amide bonds. The van der Waals surface area contributed by atoms with Crippen molar-refractivity contribution in [3.05, 3.63) is 52.0 Å². The van der Waals surface area contributed by atoms with Gasteiger partial charge in [0.25, 0.3) is 0 Å². The first kappa shape index (κ1) is 19.0. The highest BCUT2D eigenvalue weighted by Crippen LogP contribution is 2.26. The van der Waals surface area contributed by atoms with E-state index in [0.29, 0.717) is 11.4 Å². The number of hydrogen-bond donors (Lipinski definition) is 2. The lowest BCUT2D eigenvalue weighted by Gasteiger charge is -2.13. The number of rotatable bonds is 6. The number of halogens is 1. The lowest BCUT2D eigenvalue weighted by molar-refractivity contribution is -0.117. The minimum absolute atomic E-state index is 0.185. The number of aryl methyl sites for hydroxylation is 1. The summed E-state index contributed by atoms with van der Waals surface area (Å²) >= 11 is 3.36. The van der Waals surface area contributed by atoms with Crippen LogP contribution in [-0.4, -0.2) is 18.4 Å². The van der Waals surface area contributed by atoms with Gasteiger partial charge in [-0.15, -0.1) is 0 Å².